The molecule has 0 heterocycles. The molecule has 0 atom stereocenters. The Kier molecular flexibility index (Phi) is 7.09. The Labute approximate surface area is 169 Å². The average Bonchev–Trinajstić information content (AvgIpc) is 2.68. The number of nitrogens with one attached hydrogen (secondary N) is 1. The van der Waals surface area contributed by atoms with Crippen LogP contribution in [0.1, 0.15) is 21.5 Å². The number of carbonyl (C=O) groups is 2. The van der Waals surface area contributed by atoms with Crippen LogP contribution in [0.4, 0.5) is 5.69 Å². The number of anilines is 1. The number of nitrogens with zero attached hydrogens (tertiary/aromatic N) is 2. The molecule has 0 spiro atoms. The zero-order valence-electron chi connectivity index (χ0n) is 16.3. The van der Waals surface area contributed by atoms with Crippen molar-refractivity contribution in [2.75, 3.05) is 26.0 Å². The van der Waals surface area contributed by atoms with Crippen LogP contribution in [0, 0.1) is 18.3 Å². The highest BCUT2D eigenvalue weighted by atomic mass is 32.2. The smallest absolute Gasteiger partial charge is 0.338 e. The van der Waals surface area contributed by atoms with Crippen molar-refractivity contribution in [2.45, 2.75) is 18.2 Å². The summed E-state index contributed by atoms with van der Waals surface area (Å²) in [4.78, 5) is 24.3. The quantitative estimate of drug-likeness (QED) is 0.692. The predicted octanol–water partition coefficient (Wildman–Crippen LogP) is 2.11. The molecule has 0 bridgehead atoms. The third-order valence-corrected chi connectivity index (χ3v) is 5.87. The lowest BCUT2D eigenvalue weighted by atomic mass is 10.1. The number of nitriles is 1. The number of carbonyl (C=O) groups excluding carboxylic acids is 2. The summed E-state index contributed by atoms with van der Waals surface area (Å²) in [6.45, 7) is 1.12. The van der Waals surface area contributed by atoms with Gasteiger partial charge in [-0.3, -0.25) is 4.79 Å². The van der Waals surface area contributed by atoms with Crippen LogP contribution >= 0.6 is 0 Å². The highest BCUT2D eigenvalue weighted by Crippen LogP contribution is 2.19. The molecule has 0 aliphatic heterocycles. The molecule has 2 aromatic rings. The first-order valence-corrected chi connectivity index (χ1v) is 10.0. The molecule has 2 aromatic carbocycles. The first-order chi connectivity index (χ1) is 13.6. The third kappa shape index (κ3) is 5.63. The Morgan fingerprint density at radius 3 is 2.38 bits per heavy atom. The Morgan fingerprint density at radius 2 is 1.79 bits per heavy atom. The summed E-state index contributed by atoms with van der Waals surface area (Å²) >= 11 is 0. The van der Waals surface area contributed by atoms with Crippen molar-refractivity contribution in [3.05, 3.63) is 59.2 Å². The second kappa shape index (κ2) is 9.32. The van der Waals surface area contributed by atoms with Crippen LogP contribution in [-0.2, 0) is 26.0 Å². The van der Waals surface area contributed by atoms with Gasteiger partial charge in [-0.2, -0.15) is 5.26 Å². The van der Waals surface area contributed by atoms with Crippen LogP contribution < -0.4 is 5.32 Å². The molecule has 29 heavy (non-hydrogen) atoms. The highest BCUT2D eigenvalue weighted by molar-refractivity contribution is 7.89. The van der Waals surface area contributed by atoms with Crippen LogP contribution in [0.3, 0.4) is 0 Å². The largest absolute Gasteiger partial charge is 0.452 e. The fourth-order valence-corrected chi connectivity index (χ4v) is 3.32. The fraction of sp³-hybridized carbons (Fsp3) is 0.250. The van der Waals surface area contributed by atoms with E-state index in [0.717, 1.165) is 9.87 Å². The molecule has 9 heteroatoms. The van der Waals surface area contributed by atoms with E-state index < -0.39 is 28.5 Å². The number of hydrogen-bond acceptors (Lipinski definition) is 6. The minimum atomic E-state index is -3.70. The number of ether oxygens (including phenoxy) is 1. The number of benzene rings is 2. The molecule has 8 nitrogen and oxygen atoms in total. The van der Waals surface area contributed by atoms with Crippen molar-refractivity contribution >= 4 is 27.6 Å². The molecular weight excluding hydrogens is 394 g/mol. The minimum absolute atomic E-state index is 0.0399. The van der Waals surface area contributed by atoms with Crippen molar-refractivity contribution in [1.29, 1.82) is 5.26 Å². The molecule has 0 radical (unpaired) electrons. The van der Waals surface area contributed by atoms with Gasteiger partial charge in [-0.15, -0.1) is 0 Å². The molecule has 1 amide bonds. The van der Waals surface area contributed by atoms with E-state index in [-0.39, 0.29) is 16.9 Å². The van der Waals surface area contributed by atoms with Gasteiger partial charge in [0, 0.05) is 19.8 Å². The fourth-order valence-electron chi connectivity index (χ4n) is 2.40. The molecule has 0 aliphatic rings. The van der Waals surface area contributed by atoms with Gasteiger partial charge in [0.15, 0.2) is 6.61 Å². The lowest BCUT2D eigenvalue weighted by molar-refractivity contribution is -0.119. The molecule has 0 aromatic heterocycles. The van der Waals surface area contributed by atoms with Crippen molar-refractivity contribution in [3.63, 3.8) is 0 Å². The van der Waals surface area contributed by atoms with Crippen LogP contribution in [0.5, 0.6) is 0 Å². The summed E-state index contributed by atoms with van der Waals surface area (Å²) in [5.74, 6) is -1.33. The van der Waals surface area contributed by atoms with E-state index in [2.05, 4.69) is 5.32 Å². The molecule has 1 N–H and O–H groups in total. The standard InChI is InChI=1S/C20H21N3O5S/c1-14-4-9-17(29(26,27)23(2)3)12-18(14)20(25)28-13-19(24)22-16-7-5-15(6-8-16)10-11-21/h4-9,12H,10,13H2,1-3H3,(H,22,24). The van der Waals surface area contributed by atoms with Gasteiger partial charge in [-0.25, -0.2) is 17.5 Å². The number of aryl methyl sites for hydroxylation is 1. The van der Waals surface area contributed by atoms with Gasteiger partial charge in [0.25, 0.3) is 5.91 Å². The molecule has 152 valence electrons. The monoisotopic (exact) mass is 415 g/mol. The Balaban J connectivity index is 2.03. The van der Waals surface area contributed by atoms with Crippen LogP contribution in [0.15, 0.2) is 47.4 Å². The Bertz CT molecular complexity index is 1050. The van der Waals surface area contributed by atoms with Crippen LogP contribution in [0.25, 0.3) is 0 Å². The van der Waals surface area contributed by atoms with Gasteiger partial charge in [0.2, 0.25) is 10.0 Å². The van der Waals surface area contributed by atoms with Gasteiger partial charge in [-0.05, 0) is 42.3 Å². The topological polar surface area (TPSA) is 117 Å². The Morgan fingerprint density at radius 1 is 1.14 bits per heavy atom. The molecule has 0 fully saturated rings. The maximum absolute atomic E-state index is 12.3. The zero-order valence-corrected chi connectivity index (χ0v) is 17.1. The maximum Gasteiger partial charge on any atom is 0.338 e. The summed E-state index contributed by atoms with van der Waals surface area (Å²) in [6, 6.07) is 12.9. The van der Waals surface area contributed by atoms with Gasteiger partial charge in [-0.1, -0.05) is 18.2 Å². The second-order valence-corrected chi connectivity index (χ2v) is 8.57. The van der Waals surface area contributed by atoms with E-state index in [4.69, 9.17) is 10.00 Å². The first-order valence-electron chi connectivity index (χ1n) is 8.61. The Hall–Kier alpha value is -3.22. The second-order valence-electron chi connectivity index (χ2n) is 6.42. The van der Waals surface area contributed by atoms with E-state index in [1.807, 2.05) is 6.07 Å². The van der Waals surface area contributed by atoms with Gasteiger partial charge >= 0.3 is 5.97 Å². The summed E-state index contributed by atoms with van der Waals surface area (Å²) in [5, 5.41) is 11.2. The first kappa shape index (κ1) is 22.1. The average molecular weight is 415 g/mol. The summed E-state index contributed by atoms with van der Waals surface area (Å²) in [7, 11) is -0.917. The number of rotatable bonds is 7. The third-order valence-electron chi connectivity index (χ3n) is 4.06. The lowest BCUT2D eigenvalue weighted by Gasteiger charge is -2.13. The SMILES string of the molecule is Cc1ccc(S(=O)(=O)N(C)C)cc1C(=O)OCC(=O)Nc1ccc(CC#N)cc1. The molecular formula is C20H21N3O5S. The summed E-state index contributed by atoms with van der Waals surface area (Å²) in [6.07, 6.45) is 0.272. The van der Waals surface area contributed by atoms with Crippen molar-refractivity contribution in [2.24, 2.45) is 0 Å². The van der Waals surface area contributed by atoms with Gasteiger partial charge in [0.05, 0.1) is 22.9 Å². The van der Waals surface area contributed by atoms with Crippen molar-refractivity contribution in [3.8, 4) is 6.07 Å². The molecule has 2 rings (SSSR count). The van der Waals surface area contributed by atoms with E-state index >= 15 is 0 Å². The zero-order chi connectivity index (χ0) is 21.6. The lowest BCUT2D eigenvalue weighted by Crippen LogP contribution is -2.23. The van der Waals surface area contributed by atoms with E-state index in [1.54, 1.807) is 31.2 Å². The molecule has 0 saturated heterocycles. The molecule has 0 saturated carbocycles. The summed E-state index contributed by atoms with van der Waals surface area (Å²) in [5.41, 5.74) is 1.92. The summed E-state index contributed by atoms with van der Waals surface area (Å²) < 4.78 is 30.6. The van der Waals surface area contributed by atoms with Crippen LogP contribution in [-0.4, -0.2) is 45.3 Å². The number of amides is 1. The molecule has 0 aliphatic carbocycles. The van der Waals surface area contributed by atoms with Crippen molar-refractivity contribution < 1.29 is 22.7 Å². The van der Waals surface area contributed by atoms with E-state index in [0.29, 0.717) is 11.3 Å². The highest BCUT2D eigenvalue weighted by Gasteiger charge is 2.21. The van der Waals surface area contributed by atoms with Crippen LogP contribution in [0.2, 0.25) is 0 Å². The predicted molar refractivity (Wildman–Crippen MR) is 107 cm³/mol. The van der Waals surface area contributed by atoms with Gasteiger partial charge in [0.1, 0.15) is 0 Å². The van der Waals surface area contributed by atoms with Crippen molar-refractivity contribution in [1.82, 2.24) is 4.31 Å². The maximum atomic E-state index is 12.3. The van der Waals surface area contributed by atoms with E-state index in [1.165, 1.54) is 32.3 Å². The minimum Gasteiger partial charge on any atom is -0.452 e. The number of sulfonamides is 1. The normalized spacial score (nSPS) is 11.0. The van der Waals surface area contributed by atoms with E-state index in [9.17, 15) is 18.0 Å². The number of esters is 1. The number of hydrogen-bond donors (Lipinski definition) is 1. The molecule has 0 unspecified atom stereocenters. The van der Waals surface area contributed by atoms with Gasteiger partial charge < -0.3 is 10.1 Å².